The Labute approximate surface area is 115 Å². The quantitative estimate of drug-likeness (QED) is 0.784. The zero-order valence-corrected chi connectivity index (χ0v) is 13.3. The Bertz CT molecular complexity index is 295. The van der Waals surface area contributed by atoms with E-state index in [2.05, 4.69) is 14.1 Å². The van der Waals surface area contributed by atoms with Gasteiger partial charge in [-0.3, -0.25) is 4.67 Å². The molecule has 1 aliphatic heterocycles. The van der Waals surface area contributed by atoms with E-state index in [0.717, 1.165) is 31.5 Å². The molecule has 1 aromatic carbocycles. The molecular formula is C15H28NOP. The molecule has 0 aromatic heterocycles. The van der Waals surface area contributed by atoms with E-state index in [9.17, 15) is 5.11 Å². The summed E-state index contributed by atoms with van der Waals surface area (Å²) in [6.45, 7) is 9.88. The lowest BCUT2D eigenvalue weighted by Gasteiger charge is -2.36. The van der Waals surface area contributed by atoms with Crippen molar-refractivity contribution in [3.05, 3.63) is 35.9 Å². The van der Waals surface area contributed by atoms with Crippen LogP contribution >= 0.6 is 9.39 Å². The first-order valence-corrected chi connectivity index (χ1v) is 7.50. The second-order valence-corrected chi connectivity index (χ2v) is 4.66. The fourth-order valence-electron chi connectivity index (χ4n) is 1.93. The minimum atomic E-state index is -0.603. The summed E-state index contributed by atoms with van der Waals surface area (Å²) in [4.78, 5) is 0. The van der Waals surface area contributed by atoms with Crippen LogP contribution in [0.2, 0.25) is 0 Å². The third kappa shape index (κ3) is 5.06. The molecule has 2 rings (SSSR count). The molecule has 0 saturated carbocycles. The molecule has 0 amide bonds. The minimum Gasteiger partial charge on any atom is -0.385 e. The number of benzene rings is 1. The van der Waals surface area contributed by atoms with Crippen molar-refractivity contribution in [2.24, 2.45) is 0 Å². The highest BCUT2D eigenvalue weighted by molar-refractivity contribution is 7.13. The summed E-state index contributed by atoms with van der Waals surface area (Å²) in [5.74, 6) is 0. The monoisotopic (exact) mass is 269 g/mol. The SMILES string of the molecule is CC.CC.OC1(c2ccccc2)CCN(P)CC1. The molecule has 2 nitrogen and oxygen atoms in total. The largest absolute Gasteiger partial charge is 0.385 e. The fourth-order valence-corrected chi connectivity index (χ4v) is 2.19. The Hall–Kier alpha value is -0.430. The summed E-state index contributed by atoms with van der Waals surface area (Å²) in [6, 6.07) is 9.98. The zero-order valence-electron chi connectivity index (χ0n) is 12.2. The summed E-state index contributed by atoms with van der Waals surface area (Å²) >= 11 is 0. The molecule has 1 aliphatic rings. The Kier molecular flexibility index (Phi) is 9.27. The molecule has 1 aromatic rings. The highest BCUT2D eigenvalue weighted by Crippen LogP contribution is 2.33. The smallest absolute Gasteiger partial charge is 0.0921 e. The molecule has 1 atom stereocenters. The van der Waals surface area contributed by atoms with Crippen molar-refractivity contribution in [1.29, 1.82) is 0 Å². The number of hydrogen-bond acceptors (Lipinski definition) is 2. The molecule has 1 N–H and O–H groups in total. The predicted octanol–water partition coefficient (Wildman–Crippen LogP) is 3.81. The summed E-state index contributed by atoms with van der Waals surface area (Å²) in [6.07, 6.45) is 1.64. The third-order valence-corrected chi connectivity index (χ3v) is 3.45. The molecule has 18 heavy (non-hydrogen) atoms. The Morgan fingerprint density at radius 2 is 1.44 bits per heavy atom. The van der Waals surface area contributed by atoms with Crippen molar-refractivity contribution in [2.75, 3.05) is 13.1 Å². The van der Waals surface area contributed by atoms with Gasteiger partial charge in [-0.05, 0) is 18.4 Å². The molecule has 104 valence electrons. The molecular weight excluding hydrogens is 241 g/mol. The van der Waals surface area contributed by atoms with Crippen LogP contribution < -0.4 is 0 Å². The van der Waals surface area contributed by atoms with Crippen LogP contribution in [0.15, 0.2) is 30.3 Å². The van der Waals surface area contributed by atoms with Crippen LogP contribution in [-0.4, -0.2) is 22.9 Å². The summed E-state index contributed by atoms with van der Waals surface area (Å²) in [5, 5.41) is 10.4. The van der Waals surface area contributed by atoms with Gasteiger partial charge in [-0.25, -0.2) is 0 Å². The summed E-state index contributed by atoms with van der Waals surface area (Å²) < 4.78 is 2.18. The molecule has 1 saturated heterocycles. The highest BCUT2D eigenvalue weighted by Gasteiger charge is 2.32. The van der Waals surface area contributed by atoms with Crippen LogP contribution in [-0.2, 0) is 5.60 Å². The van der Waals surface area contributed by atoms with E-state index in [4.69, 9.17) is 0 Å². The Balaban J connectivity index is 0.000000659. The van der Waals surface area contributed by atoms with E-state index in [-0.39, 0.29) is 0 Å². The maximum Gasteiger partial charge on any atom is 0.0921 e. The van der Waals surface area contributed by atoms with E-state index in [1.54, 1.807) is 0 Å². The van der Waals surface area contributed by atoms with Gasteiger partial charge >= 0.3 is 0 Å². The minimum absolute atomic E-state index is 0.603. The van der Waals surface area contributed by atoms with Crippen molar-refractivity contribution in [3.8, 4) is 0 Å². The maximum atomic E-state index is 10.4. The van der Waals surface area contributed by atoms with Gasteiger partial charge in [0.15, 0.2) is 0 Å². The van der Waals surface area contributed by atoms with Gasteiger partial charge in [0.05, 0.1) is 5.60 Å². The number of hydrogen-bond donors (Lipinski definition) is 1. The molecule has 0 spiro atoms. The van der Waals surface area contributed by atoms with E-state index in [0.29, 0.717) is 0 Å². The van der Waals surface area contributed by atoms with Crippen LogP contribution in [0.3, 0.4) is 0 Å². The van der Waals surface area contributed by atoms with Crippen LogP contribution in [0.25, 0.3) is 0 Å². The van der Waals surface area contributed by atoms with Gasteiger partial charge in [0.2, 0.25) is 0 Å². The van der Waals surface area contributed by atoms with E-state index < -0.39 is 5.60 Å². The molecule has 3 heteroatoms. The standard InChI is InChI=1S/C11H16NOP.2C2H6/c13-11(6-8-12(14)9-7-11)10-4-2-1-3-5-10;2*1-2/h1-5,13H,6-9,14H2;2*1-2H3. The average Bonchev–Trinajstić information content (AvgIpc) is 2.48. The lowest BCUT2D eigenvalue weighted by atomic mass is 9.85. The van der Waals surface area contributed by atoms with E-state index >= 15 is 0 Å². The van der Waals surface area contributed by atoms with Crippen LogP contribution in [0.4, 0.5) is 0 Å². The first-order chi connectivity index (χ1) is 8.71. The molecule has 1 heterocycles. The topological polar surface area (TPSA) is 23.5 Å². The molecule has 1 unspecified atom stereocenters. The predicted molar refractivity (Wildman–Crippen MR) is 83.6 cm³/mol. The zero-order chi connectivity index (χ0) is 14.0. The molecule has 0 bridgehead atoms. The third-order valence-electron chi connectivity index (χ3n) is 2.94. The van der Waals surface area contributed by atoms with Crippen LogP contribution in [0.1, 0.15) is 46.1 Å². The van der Waals surface area contributed by atoms with Crippen LogP contribution in [0.5, 0.6) is 0 Å². The van der Waals surface area contributed by atoms with Gasteiger partial charge in [0.1, 0.15) is 0 Å². The number of aliphatic hydroxyl groups is 1. The summed E-state index contributed by atoms with van der Waals surface area (Å²) in [7, 11) is 2.69. The Morgan fingerprint density at radius 3 is 1.89 bits per heavy atom. The van der Waals surface area contributed by atoms with Gasteiger partial charge in [-0.2, -0.15) is 0 Å². The molecule has 0 aliphatic carbocycles. The second-order valence-electron chi connectivity index (χ2n) is 3.93. The first-order valence-electron chi connectivity index (χ1n) is 6.98. The molecule has 0 radical (unpaired) electrons. The number of piperidine rings is 1. The normalized spacial score (nSPS) is 17.9. The highest BCUT2D eigenvalue weighted by atomic mass is 31.0. The maximum absolute atomic E-state index is 10.4. The first kappa shape index (κ1) is 17.6. The number of nitrogens with zero attached hydrogens (tertiary/aromatic N) is 1. The van der Waals surface area contributed by atoms with E-state index in [1.807, 2.05) is 58.0 Å². The van der Waals surface area contributed by atoms with Crippen molar-refractivity contribution < 1.29 is 5.11 Å². The van der Waals surface area contributed by atoms with Crippen molar-refractivity contribution in [3.63, 3.8) is 0 Å². The van der Waals surface area contributed by atoms with E-state index in [1.165, 1.54) is 0 Å². The molecule has 1 fully saturated rings. The van der Waals surface area contributed by atoms with Gasteiger partial charge in [0.25, 0.3) is 0 Å². The van der Waals surface area contributed by atoms with Gasteiger partial charge < -0.3 is 5.11 Å². The van der Waals surface area contributed by atoms with Crippen molar-refractivity contribution in [2.45, 2.75) is 46.1 Å². The fraction of sp³-hybridized carbons (Fsp3) is 0.600. The van der Waals surface area contributed by atoms with Crippen molar-refractivity contribution in [1.82, 2.24) is 4.67 Å². The lowest BCUT2D eigenvalue weighted by molar-refractivity contribution is -0.00824. The average molecular weight is 269 g/mol. The van der Waals surface area contributed by atoms with Gasteiger partial charge in [0, 0.05) is 13.1 Å². The van der Waals surface area contributed by atoms with Crippen LogP contribution in [0, 0.1) is 0 Å². The van der Waals surface area contributed by atoms with Crippen molar-refractivity contribution >= 4 is 9.39 Å². The van der Waals surface area contributed by atoms with Gasteiger partial charge in [-0.1, -0.05) is 67.4 Å². The number of rotatable bonds is 1. The summed E-state index contributed by atoms with van der Waals surface area (Å²) in [5.41, 5.74) is 0.451. The lowest BCUT2D eigenvalue weighted by Crippen LogP contribution is -2.38. The van der Waals surface area contributed by atoms with Gasteiger partial charge in [-0.15, -0.1) is 0 Å². The Morgan fingerprint density at radius 1 is 1.00 bits per heavy atom. The second kappa shape index (κ2) is 9.49.